The van der Waals surface area contributed by atoms with Crippen LogP contribution < -0.4 is 11.1 Å². The number of rotatable bonds is 5. The van der Waals surface area contributed by atoms with Crippen LogP contribution in [0.5, 0.6) is 0 Å². The maximum absolute atomic E-state index is 12.5. The van der Waals surface area contributed by atoms with Crippen LogP contribution in [0.2, 0.25) is 0 Å². The molecule has 2 aliphatic rings. The van der Waals surface area contributed by atoms with Gasteiger partial charge in [0.05, 0.1) is 10.8 Å². The van der Waals surface area contributed by atoms with Crippen LogP contribution in [0.1, 0.15) is 31.2 Å². The molecule has 0 unspecified atom stereocenters. The molecule has 7 nitrogen and oxygen atoms in total. The van der Waals surface area contributed by atoms with Crippen LogP contribution in [0.3, 0.4) is 0 Å². The van der Waals surface area contributed by atoms with Gasteiger partial charge in [0, 0.05) is 48.3 Å². The third-order valence-electron chi connectivity index (χ3n) is 6.38. The highest BCUT2D eigenvalue weighted by Gasteiger charge is 2.41. The summed E-state index contributed by atoms with van der Waals surface area (Å²) in [5.41, 5.74) is 9.68. The third kappa shape index (κ3) is 3.90. The first-order valence-electron chi connectivity index (χ1n) is 10.9. The van der Waals surface area contributed by atoms with Gasteiger partial charge in [-0.1, -0.05) is 6.07 Å². The molecule has 32 heavy (non-hydrogen) atoms. The predicted molar refractivity (Wildman–Crippen MR) is 126 cm³/mol. The smallest absolute Gasteiger partial charge is 0.216 e. The fourth-order valence-corrected chi connectivity index (χ4v) is 6.24. The maximum Gasteiger partial charge on any atom is 0.216 e. The van der Waals surface area contributed by atoms with Crippen molar-refractivity contribution in [3.05, 3.63) is 54.4 Å². The molecular formula is C24H25N5O2S. The van der Waals surface area contributed by atoms with E-state index in [9.17, 15) is 13.7 Å². The minimum absolute atomic E-state index is 0.156. The Balaban J connectivity index is 1.42. The highest BCUT2D eigenvalue weighted by molar-refractivity contribution is 7.90. The van der Waals surface area contributed by atoms with E-state index in [1.165, 1.54) is 0 Å². The second kappa shape index (κ2) is 8.08. The summed E-state index contributed by atoms with van der Waals surface area (Å²) < 4.78 is 26.7. The fourth-order valence-electron chi connectivity index (χ4n) is 4.37. The van der Waals surface area contributed by atoms with E-state index in [1.807, 2.05) is 24.4 Å². The van der Waals surface area contributed by atoms with Gasteiger partial charge in [0.25, 0.3) is 0 Å². The fraction of sp³-hybridized carbons (Fsp3) is 0.333. The number of nitrogens with zero attached hydrogens (tertiary/aromatic N) is 3. The van der Waals surface area contributed by atoms with Gasteiger partial charge in [-0.3, -0.25) is 4.98 Å². The number of nitrogens with one attached hydrogen (secondary N) is 1. The van der Waals surface area contributed by atoms with Crippen LogP contribution in [0.15, 0.2) is 48.8 Å². The van der Waals surface area contributed by atoms with Crippen LogP contribution >= 0.6 is 0 Å². The third-order valence-corrected chi connectivity index (χ3v) is 8.78. The Morgan fingerprint density at radius 3 is 2.56 bits per heavy atom. The van der Waals surface area contributed by atoms with Gasteiger partial charge >= 0.3 is 0 Å². The number of sulfonamides is 1. The normalized spacial score (nSPS) is 17.8. The summed E-state index contributed by atoms with van der Waals surface area (Å²) in [7, 11) is -3.11. The van der Waals surface area contributed by atoms with Gasteiger partial charge in [0.15, 0.2) is 0 Å². The van der Waals surface area contributed by atoms with Crippen molar-refractivity contribution in [3.63, 3.8) is 0 Å². The molecule has 8 heteroatoms. The molecule has 0 atom stereocenters. The van der Waals surface area contributed by atoms with Crippen LogP contribution in [-0.4, -0.2) is 42.1 Å². The standard InChI is InChI=1S/C24H25N5O2S/c25-14-19-11-16(1-4-23(19)26)18-12-17-5-8-27-15-22(17)24(13-18)28-20-6-9-29(10-7-20)32(30,31)21-2-3-21/h1,4-5,8,11-13,15,20-21,28H,2-3,6-7,9-10,26H2. The zero-order chi connectivity index (χ0) is 22.3. The molecule has 2 heterocycles. The lowest BCUT2D eigenvalue weighted by Crippen LogP contribution is -2.43. The van der Waals surface area contributed by atoms with Crippen LogP contribution in [0, 0.1) is 11.3 Å². The molecule has 2 fully saturated rings. The van der Waals surface area contributed by atoms with Crippen LogP contribution in [0.25, 0.3) is 21.9 Å². The largest absolute Gasteiger partial charge is 0.398 e. The molecule has 1 aliphatic heterocycles. The molecular weight excluding hydrogens is 422 g/mol. The number of hydrogen-bond acceptors (Lipinski definition) is 6. The minimum atomic E-state index is -3.11. The zero-order valence-electron chi connectivity index (χ0n) is 17.7. The molecule has 1 saturated carbocycles. The van der Waals surface area contributed by atoms with E-state index in [-0.39, 0.29) is 11.3 Å². The number of anilines is 2. The molecule has 3 N–H and O–H groups in total. The van der Waals surface area contributed by atoms with Crippen LogP contribution in [0.4, 0.5) is 11.4 Å². The summed E-state index contributed by atoms with van der Waals surface area (Å²) in [6, 6.07) is 13.9. The number of pyridine rings is 1. The van der Waals surface area contributed by atoms with E-state index in [1.54, 1.807) is 16.6 Å². The van der Waals surface area contributed by atoms with E-state index in [2.05, 4.69) is 28.5 Å². The Kier molecular flexibility index (Phi) is 5.24. The lowest BCUT2D eigenvalue weighted by Gasteiger charge is -2.32. The van der Waals surface area contributed by atoms with Gasteiger partial charge in [-0.05, 0) is 72.5 Å². The number of nitriles is 1. The van der Waals surface area contributed by atoms with Gasteiger partial charge < -0.3 is 11.1 Å². The zero-order valence-corrected chi connectivity index (χ0v) is 18.5. The van der Waals surface area contributed by atoms with Crippen molar-refractivity contribution in [3.8, 4) is 17.2 Å². The summed E-state index contributed by atoms with van der Waals surface area (Å²) in [5.74, 6) is 0. The van der Waals surface area contributed by atoms with E-state index in [4.69, 9.17) is 5.73 Å². The number of piperidine rings is 1. The quantitative estimate of drug-likeness (QED) is 0.577. The molecule has 1 aliphatic carbocycles. The van der Waals surface area contributed by atoms with Crippen molar-refractivity contribution >= 4 is 32.2 Å². The summed E-state index contributed by atoms with van der Waals surface area (Å²) in [4.78, 5) is 4.29. The van der Waals surface area contributed by atoms with Crippen molar-refractivity contribution in [2.75, 3.05) is 24.1 Å². The molecule has 0 amide bonds. The summed E-state index contributed by atoms with van der Waals surface area (Å²) >= 11 is 0. The molecule has 0 spiro atoms. The molecule has 0 bridgehead atoms. The van der Waals surface area contributed by atoms with Gasteiger partial charge in [0.1, 0.15) is 6.07 Å². The highest BCUT2D eigenvalue weighted by Crippen LogP contribution is 2.35. The van der Waals surface area contributed by atoms with Gasteiger partial charge in [-0.25, -0.2) is 12.7 Å². The summed E-state index contributed by atoms with van der Waals surface area (Å²) in [6.07, 6.45) is 6.73. The van der Waals surface area contributed by atoms with E-state index < -0.39 is 10.0 Å². The lowest BCUT2D eigenvalue weighted by atomic mass is 9.98. The average molecular weight is 448 g/mol. The minimum Gasteiger partial charge on any atom is -0.398 e. The number of hydrogen-bond donors (Lipinski definition) is 2. The highest BCUT2D eigenvalue weighted by atomic mass is 32.2. The Morgan fingerprint density at radius 2 is 1.84 bits per heavy atom. The van der Waals surface area contributed by atoms with Gasteiger partial charge in [-0.15, -0.1) is 0 Å². The van der Waals surface area contributed by atoms with Crippen molar-refractivity contribution < 1.29 is 8.42 Å². The molecule has 1 saturated heterocycles. The molecule has 3 aromatic rings. The maximum atomic E-state index is 12.5. The van der Waals surface area contributed by atoms with Crippen molar-refractivity contribution in [2.45, 2.75) is 37.0 Å². The van der Waals surface area contributed by atoms with Gasteiger partial charge in [-0.2, -0.15) is 5.26 Å². The topological polar surface area (TPSA) is 112 Å². The lowest BCUT2D eigenvalue weighted by molar-refractivity contribution is 0.329. The number of nitrogen functional groups attached to an aromatic ring is 1. The molecule has 2 aromatic carbocycles. The number of aromatic nitrogens is 1. The number of nitrogens with two attached hydrogens (primary N) is 1. The second-order valence-electron chi connectivity index (χ2n) is 8.60. The van der Waals surface area contributed by atoms with Crippen LogP contribution in [-0.2, 0) is 10.0 Å². The number of fused-ring (bicyclic) bond motifs is 1. The Morgan fingerprint density at radius 1 is 1.06 bits per heavy atom. The number of benzene rings is 2. The van der Waals surface area contributed by atoms with E-state index >= 15 is 0 Å². The predicted octanol–water partition coefficient (Wildman–Crippen LogP) is 3.72. The first-order valence-corrected chi connectivity index (χ1v) is 12.4. The van der Waals surface area contributed by atoms with Crippen molar-refractivity contribution in [2.24, 2.45) is 0 Å². The van der Waals surface area contributed by atoms with Gasteiger partial charge in [0.2, 0.25) is 10.0 Å². The Bertz CT molecular complexity index is 1320. The van der Waals surface area contributed by atoms with E-state index in [0.717, 1.165) is 53.3 Å². The first-order chi connectivity index (χ1) is 15.5. The SMILES string of the molecule is N#Cc1cc(-c2cc(NC3CCN(S(=O)(=O)C4CC4)CC3)c3cnccc3c2)ccc1N. The average Bonchev–Trinajstić information content (AvgIpc) is 3.66. The molecule has 0 radical (unpaired) electrons. The molecule has 5 rings (SSSR count). The second-order valence-corrected chi connectivity index (χ2v) is 10.8. The van der Waals surface area contributed by atoms with E-state index in [0.29, 0.717) is 24.3 Å². The Labute approximate surface area is 187 Å². The van der Waals surface area contributed by atoms with Crippen molar-refractivity contribution in [1.82, 2.24) is 9.29 Å². The molecule has 1 aromatic heterocycles. The summed E-state index contributed by atoms with van der Waals surface area (Å²) in [6.45, 7) is 1.10. The molecule has 164 valence electrons. The first kappa shape index (κ1) is 20.7. The van der Waals surface area contributed by atoms with Crippen molar-refractivity contribution in [1.29, 1.82) is 5.26 Å². The monoisotopic (exact) mass is 447 g/mol. The summed E-state index contributed by atoms with van der Waals surface area (Å²) in [5, 5.41) is 14.9. The Hall–Kier alpha value is -3.15.